The van der Waals surface area contributed by atoms with Crippen molar-refractivity contribution < 1.29 is 22.7 Å². The van der Waals surface area contributed by atoms with Gasteiger partial charge in [-0.1, -0.05) is 6.07 Å². The molecule has 0 spiro atoms. The summed E-state index contributed by atoms with van der Waals surface area (Å²) in [5.41, 5.74) is 2.28. The summed E-state index contributed by atoms with van der Waals surface area (Å²) >= 11 is 0. The van der Waals surface area contributed by atoms with Crippen molar-refractivity contribution in [3.8, 4) is 11.5 Å². The van der Waals surface area contributed by atoms with Gasteiger partial charge in [-0.3, -0.25) is 4.79 Å². The molecule has 1 N–H and O–H groups in total. The molecule has 7 nitrogen and oxygen atoms in total. The van der Waals surface area contributed by atoms with Crippen molar-refractivity contribution in [3.63, 3.8) is 0 Å². The smallest absolute Gasteiger partial charge is 0.258 e. The Hall–Kier alpha value is -2.58. The monoisotopic (exact) mass is 446 g/mol. The molecule has 1 fully saturated rings. The lowest BCUT2D eigenvalue weighted by molar-refractivity contribution is -0.124. The Kier molecular flexibility index (Phi) is 7.56. The van der Waals surface area contributed by atoms with E-state index in [9.17, 15) is 13.2 Å². The van der Waals surface area contributed by atoms with E-state index in [2.05, 4.69) is 5.32 Å². The van der Waals surface area contributed by atoms with E-state index < -0.39 is 10.0 Å². The topological polar surface area (TPSA) is 84.9 Å². The second-order valence-corrected chi connectivity index (χ2v) is 9.62. The molecule has 0 radical (unpaired) electrons. The third-order valence-electron chi connectivity index (χ3n) is 5.44. The van der Waals surface area contributed by atoms with Crippen molar-refractivity contribution in [1.82, 2.24) is 9.62 Å². The zero-order chi connectivity index (χ0) is 22.4. The van der Waals surface area contributed by atoms with E-state index in [1.165, 1.54) is 9.87 Å². The average Bonchev–Trinajstić information content (AvgIpc) is 2.75. The van der Waals surface area contributed by atoms with Gasteiger partial charge in [-0.2, -0.15) is 4.31 Å². The van der Waals surface area contributed by atoms with E-state index in [-0.39, 0.29) is 23.5 Å². The Morgan fingerprint density at radius 1 is 1.00 bits per heavy atom. The number of ether oxygens (including phenoxy) is 2. The van der Waals surface area contributed by atoms with Crippen LogP contribution >= 0.6 is 0 Å². The van der Waals surface area contributed by atoms with Gasteiger partial charge in [-0.05, 0) is 81.1 Å². The van der Waals surface area contributed by atoms with E-state index in [0.717, 1.165) is 5.56 Å². The van der Waals surface area contributed by atoms with Crippen molar-refractivity contribution in [3.05, 3.63) is 53.6 Å². The number of nitrogens with one attached hydrogen (secondary N) is 1. The summed E-state index contributed by atoms with van der Waals surface area (Å²) in [6.07, 6.45) is 1.12. The number of piperidine rings is 1. The number of sulfonamides is 1. The molecule has 0 bridgehead atoms. The van der Waals surface area contributed by atoms with Crippen molar-refractivity contribution in [2.45, 2.75) is 44.6 Å². The van der Waals surface area contributed by atoms with Crippen LogP contribution in [0.3, 0.4) is 0 Å². The van der Waals surface area contributed by atoms with Crippen LogP contribution in [0.1, 0.15) is 30.9 Å². The van der Waals surface area contributed by atoms with Crippen LogP contribution in [0.2, 0.25) is 0 Å². The van der Waals surface area contributed by atoms with Crippen LogP contribution in [-0.4, -0.2) is 51.0 Å². The molecular formula is C23H30N2O5S. The molecule has 0 aromatic heterocycles. The van der Waals surface area contributed by atoms with Gasteiger partial charge < -0.3 is 14.8 Å². The lowest BCUT2D eigenvalue weighted by atomic mass is 10.1. The maximum absolute atomic E-state index is 12.9. The van der Waals surface area contributed by atoms with Gasteiger partial charge in [0.1, 0.15) is 11.5 Å². The van der Waals surface area contributed by atoms with E-state index in [0.29, 0.717) is 44.0 Å². The average molecular weight is 447 g/mol. The zero-order valence-electron chi connectivity index (χ0n) is 18.3. The minimum absolute atomic E-state index is 0.0623. The summed E-state index contributed by atoms with van der Waals surface area (Å²) in [7, 11) is -3.56. The van der Waals surface area contributed by atoms with Crippen LogP contribution in [0, 0.1) is 13.8 Å². The van der Waals surface area contributed by atoms with Crippen molar-refractivity contribution >= 4 is 15.9 Å². The first-order valence-corrected chi connectivity index (χ1v) is 12.0. The van der Waals surface area contributed by atoms with Crippen LogP contribution in [0.5, 0.6) is 11.5 Å². The number of rotatable bonds is 8. The number of benzene rings is 2. The molecule has 0 aliphatic carbocycles. The highest BCUT2D eigenvalue weighted by Gasteiger charge is 2.30. The minimum atomic E-state index is -3.56. The van der Waals surface area contributed by atoms with Gasteiger partial charge in [0, 0.05) is 19.1 Å². The van der Waals surface area contributed by atoms with Crippen molar-refractivity contribution in [2.75, 3.05) is 26.3 Å². The van der Waals surface area contributed by atoms with Gasteiger partial charge in [0.25, 0.3) is 5.91 Å². The van der Waals surface area contributed by atoms with Gasteiger partial charge in [-0.25, -0.2) is 8.42 Å². The molecular weight excluding hydrogens is 416 g/mol. The first-order valence-electron chi connectivity index (χ1n) is 10.5. The summed E-state index contributed by atoms with van der Waals surface area (Å²) < 4.78 is 38.2. The summed E-state index contributed by atoms with van der Waals surface area (Å²) in [4.78, 5) is 12.5. The SMILES string of the molecule is CCOc1ccc(S(=O)(=O)N2CCC(NC(=O)COc3ccc(C)c(C)c3)CC2)cc1. The Labute approximate surface area is 184 Å². The summed E-state index contributed by atoms with van der Waals surface area (Å²) in [5, 5.41) is 2.95. The third kappa shape index (κ3) is 5.98. The van der Waals surface area contributed by atoms with Crippen molar-refractivity contribution in [1.29, 1.82) is 0 Å². The number of hydrogen-bond acceptors (Lipinski definition) is 5. The molecule has 1 heterocycles. The summed E-state index contributed by atoms with van der Waals surface area (Å²) in [5.74, 6) is 1.10. The van der Waals surface area contributed by atoms with Crippen LogP contribution in [-0.2, 0) is 14.8 Å². The zero-order valence-corrected chi connectivity index (χ0v) is 19.1. The van der Waals surface area contributed by atoms with Crippen LogP contribution in [0.4, 0.5) is 0 Å². The molecule has 0 saturated carbocycles. The molecule has 0 unspecified atom stereocenters. The standard InChI is InChI=1S/C23H30N2O5S/c1-4-29-20-7-9-22(10-8-20)31(27,28)25-13-11-19(12-14-25)24-23(26)16-30-21-6-5-17(2)18(3)15-21/h5-10,15,19H,4,11-14,16H2,1-3H3,(H,24,26). The highest BCUT2D eigenvalue weighted by molar-refractivity contribution is 7.89. The molecule has 2 aromatic rings. The fourth-order valence-corrected chi connectivity index (χ4v) is 4.96. The van der Waals surface area contributed by atoms with Crippen LogP contribution in [0.25, 0.3) is 0 Å². The number of amides is 1. The molecule has 0 atom stereocenters. The lowest BCUT2D eigenvalue weighted by Gasteiger charge is -2.31. The minimum Gasteiger partial charge on any atom is -0.494 e. The second-order valence-electron chi connectivity index (χ2n) is 7.69. The van der Waals surface area contributed by atoms with E-state index in [1.54, 1.807) is 24.3 Å². The molecule has 1 saturated heterocycles. The Morgan fingerprint density at radius 3 is 2.26 bits per heavy atom. The molecule has 1 aliphatic heterocycles. The molecule has 3 rings (SSSR count). The van der Waals surface area contributed by atoms with Crippen LogP contribution < -0.4 is 14.8 Å². The lowest BCUT2D eigenvalue weighted by Crippen LogP contribution is -2.47. The molecule has 168 valence electrons. The first-order chi connectivity index (χ1) is 14.8. The van der Waals surface area contributed by atoms with Gasteiger partial charge in [0.05, 0.1) is 11.5 Å². The Bertz CT molecular complexity index is 997. The largest absolute Gasteiger partial charge is 0.494 e. The summed E-state index contributed by atoms with van der Waals surface area (Å²) in [6, 6.07) is 12.1. The van der Waals surface area contributed by atoms with E-state index >= 15 is 0 Å². The Morgan fingerprint density at radius 2 is 1.65 bits per heavy atom. The van der Waals surface area contributed by atoms with E-state index in [4.69, 9.17) is 9.47 Å². The molecule has 31 heavy (non-hydrogen) atoms. The molecule has 2 aromatic carbocycles. The molecule has 8 heteroatoms. The number of aryl methyl sites for hydroxylation is 2. The maximum atomic E-state index is 12.9. The molecule has 1 aliphatic rings. The van der Waals surface area contributed by atoms with Gasteiger partial charge in [0.2, 0.25) is 10.0 Å². The first kappa shape index (κ1) is 23.1. The Balaban J connectivity index is 1.48. The third-order valence-corrected chi connectivity index (χ3v) is 7.35. The number of carbonyl (C=O) groups excluding carboxylic acids is 1. The predicted molar refractivity (Wildman–Crippen MR) is 119 cm³/mol. The van der Waals surface area contributed by atoms with Gasteiger partial charge in [0.15, 0.2) is 6.61 Å². The fraction of sp³-hybridized carbons (Fsp3) is 0.435. The maximum Gasteiger partial charge on any atom is 0.258 e. The predicted octanol–water partition coefficient (Wildman–Crippen LogP) is 3.05. The van der Waals surface area contributed by atoms with Gasteiger partial charge >= 0.3 is 0 Å². The molecule has 1 amide bonds. The quantitative estimate of drug-likeness (QED) is 0.674. The normalized spacial score (nSPS) is 15.5. The van der Waals surface area contributed by atoms with Crippen LogP contribution in [0.15, 0.2) is 47.4 Å². The highest BCUT2D eigenvalue weighted by Crippen LogP contribution is 2.23. The second kappa shape index (κ2) is 10.2. The highest BCUT2D eigenvalue weighted by atomic mass is 32.2. The summed E-state index contributed by atoms with van der Waals surface area (Å²) in [6.45, 7) is 7.08. The fourth-order valence-electron chi connectivity index (χ4n) is 3.49. The number of carbonyl (C=O) groups is 1. The van der Waals surface area contributed by atoms with Gasteiger partial charge in [-0.15, -0.1) is 0 Å². The van der Waals surface area contributed by atoms with Crippen molar-refractivity contribution in [2.24, 2.45) is 0 Å². The number of hydrogen-bond donors (Lipinski definition) is 1. The number of nitrogens with zero attached hydrogens (tertiary/aromatic N) is 1. The van der Waals surface area contributed by atoms with E-state index in [1.807, 2.05) is 39.0 Å².